The van der Waals surface area contributed by atoms with E-state index in [1.54, 1.807) is 24.3 Å². The van der Waals surface area contributed by atoms with Crippen LogP contribution in [-0.4, -0.2) is 19.6 Å². The van der Waals surface area contributed by atoms with E-state index in [-0.39, 0.29) is 12.5 Å². The fourth-order valence-corrected chi connectivity index (χ4v) is 2.47. The van der Waals surface area contributed by atoms with Crippen LogP contribution in [0.1, 0.15) is 22.3 Å². The number of hydrogen-bond acceptors (Lipinski definition) is 4. The van der Waals surface area contributed by atoms with E-state index in [1.165, 1.54) is 18.7 Å². The largest absolute Gasteiger partial charge is 0.493 e. The second-order valence-electron chi connectivity index (χ2n) is 5.84. The summed E-state index contributed by atoms with van der Waals surface area (Å²) in [6.45, 7) is 4.52. The van der Waals surface area contributed by atoms with Crippen molar-refractivity contribution in [2.45, 2.75) is 20.4 Å². The Morgan fingerprint density at radius 1 is 1.19 bits per heavy atom. The van der Waals surface area contributed by atoms with Crippen molar-refractivity contribution >= 4 is 12.0 Å². The first-order valence-electron chi connectivity index (χ1n) is 8.23. The summed E-state index contributed by atoms with van der Waals surface area (Å²) >= 11 is 0. The number of nitrogens with one attached hydrogen (secondary N) is 1. The SMILES string of the molecule is COc1cc(/C=C/C(=O)NCc2ccc(C)cc2C)ccc1OCC#N. The Labute approximate surface area is 153 Å². The minimum Gasteiger partial charge on any atom is -0.493 e. The molecule has 5 heteroatoms. The first-order chi connectivity index (χ1) is 12.5. The van der Waals surface area contributed by atoms with Crippen LogP contribution in [0.2, 0.25) is 0 Å². The molecule has 0 fully saturated rings. The Bertz CT molecular complexity index is 851. The van der Waals surface area contributed by atoms with Gasteiger partial charge in [-0.1, -0.05) is 29.8 Å². The fraction of sp³-hybridized carbons (Fsp3) is 0.238. The fourth-order valence-electron chi connectivity index (χ4n) is 2.47. The van der Waals surface area contributed by atoms with Crippen LogP contribution in [0.25, 0.3) is 6.08 Å². The topological polar surface area (TPSA) is 71.3 Å². The molecule has 0 aromatic heterocycles. The van der Waals surface area contributed by atoms with Gasteiger partial charge in [-0.2, -0.15) is 5.26 Å². The summed E-state index contributed by atoms with van der Waals surface area (Å²) in [7, 11) is 1.53. The summed E-state index contributed by atoms with van der Waals surface area (Å²) < 4.78 is 10.5. The minimum absolute atomic E-state index is 0.0492. The molecular formula is C21H22N2O3. The first-order valence-corrected chi connectivity index (χ1v) is 8.23. The van der Waals surface area contributed by atoms with Gasteiger partial charge in [0.1, 0.15) is 6.07 Å². The highest BCUT2D eigenvalue weighted by Gasteiger charge is 2.05. The summed E-state index contributed by atoms with van der Waals surface area (Å²) in [5.41, 5.74) is 4.26. The molecule has 0 aliphatic carbocycles. The van der Waals surface area contributed by atoms with Gasteiger partial charge in [0.2, 0.25) is 5.91 Å². The molecule has 0 saturated heterocycles. The third kappa shape index (κ3) is 5.38. The van der Waals surface area contributed by atoms with Crippen LogP contribution in [0, 0.1) is 25.2 Å². The molecule has 2 rings (SSSR count). The molecule has 0 spiro atoms. The number of carbonyl (C=O) groups excluding carboxylic acids is 1. The Kier molecular flexibility index (Phi) is 6.81. The van der Waals surface area contributed by atoms with Crippen LogP contribution in [-0.2, 0) is 11.3 Å². The zero-order valence-corrected chi connectivity index (χ0v) is 15.2. The molecule has 0 saturated carbocycles. The highest BCUT2D eigenvalue weighted by Crippen LogP contribution is 2.28. The molecule has 0 heterocycles. The van der Waals surface area contributed by atoms with E-state index in [9.17, 15) is 4.79 Å². The number of amides is 1. The van der Waals surface area contributed by atoms with Crippen LogP contribution < -0.4 is 14.8 Å². The van der Waals surface area contributed by atoms with Gasteiger partial charge in [-0.15, -0.1) is 0 Å². The van der Waals surface area contributed by atoms with Gasteiger partial charge in [0.05, 0.1) is 7.11 Å². The number of methoxy groups -OCH3 is 1. The number of rotatable bonds is 7. The number of nitrogens with zero attached hydrogens (tertiary/aromatic N) is 1. The van der Waals surface area contributed by atoms with Gasteiger partial charge >= 0.3 is 0 Å². The van der Waals surface area contributed by atoms with Gasteiger partial charge in [0, 0.05) is 12.6 Å². The quantitative estimate of drug-likeness (QED) is 0.775. The molecule has 0 aliphatic heterocycles. The van der Waals surface area contributed by atoms with Crippen LogP contribution in [0.5, 0.6) is 11.5 Å². The molecule has 0 atom stereocenters. The molecule has 26 heavy (non-hydrogen) atoms. The predicted octanol–water partition coefficient (Wildman–Crippen LogP) is 3.54. The molecule has 1 amide bonds. The second-order valence-corrected chi connectivity index (χ2v) is 5.84. The maximum absolute atomic E-state index is 12.0. The molecular weight excluding hydrogens is 328 g/mol. The van der Waals surface area contributed by atoms with Crippen molar-refractivity contribution in [1.82, 2.24) is 5.32 Å². The zero-order chi connectivity index (χ0) is 18.9. The second kappa shape index (κ2) is 9.28. The van der Waals surface area contributed by atoms with Gasteiger partial charge in [-0.3, -0.25) is 4.79 Å². The molecule has 1 N–H and O–H groups in total. The van der Waals surface area contributed by atoms with Crippen LogP contribution in [0.15, 0.2) is 42.5 Å². The summed E-state index contributed by atoms with van der Waals surface area (Å²) in [6, 6.07) is 13.3. The van der Waals surface area contributed by atoms with Crippen molar-refractivity contribution in [3.63, 3.8) is 0 Å². The van der Waals surface area contributed by atoms with E-state index in [0.29, 0.717) is 18.0 Å². The van der Waals surface area contributed by atoms with Crippen molar-refractivity contribution in [2.75, 3.05) is 13.7 Å². The number of ether oxygens (including phenoxy) is 2. The number of carbonyl (C=O) groups is 1. The number of aryl methyl sites for hydroxylation is 2. The Hall–Kier alpha value is -3.26. The van der Waals surface area contributed by atoms with E-state index in [1.807, 2.05) is 32.0 Å². The third-order valence-corrected chi connectivity index (χ3v) is 3.86. The van der Waals surface area contributed by atoms with Crippen molar-refractivity contribution in [3.05, 3.63) is 64.7 Å². The summed E-state index contributed by atoms with van der Waals surface area (Å²) in [5, 5.41) is 11.5. The average molecular weight is 350 g/mol. The third-order valence-electron chi connectivity index (χ3n) is 3.86. The molecule has 2 aromatic rings. The van der Waals surface area contributed by atoms with Crippen LogP contribution in [0.3, 0.4) is 0 Å². The smallest absolute Gasteiger partial charge is 0.244 e. The standard InChI is InChI=1S/C21H22N2O3/c1-15-4-7-18(16(2)12-15)14-23-21(24)9-6-17-5-8-19(26-11-10-22)20(13-17)25-3/h4-9,12-13H,11,14H2,1-3H3,(H,23,24)/b9-6+. The molecule has 0 aliphatic rings. The van der Waals surface area contributed by atoms with Gasteiger partial charge < -0.3 is 14.8 Å². The summed E-state index contributed by atoms with van der Waals surface area (Å²) in [6.07, 6.45) is 3.18. The molecule has 134 valence electrons. The normalized spacial score (nSPS) is 10.4. The van der Waals surface area contributed by atoms with Gasteiger partial charge in [-0.05, 0) is 48.7 Å². The average Bonchev–Trinajstić information content (AvgIpc) is 2.64. The van der Waals surface area contributed by atoms with E-state index < -0.39 is 0 Å². The van der Waals surface area contributed by atoms with E-state index >= 15 is 0 Å². The molecule has 0 unspecified atom stereocenters. The van der Waals surface area contributed by atoms with E-state index in [2.05, 4.69) is 11.4 Å². The van der Waals surface area contributed by atoms with Crippen LogP contribution >= 0.6 is 0 Å². The van der Waals surface area contributed by atoms with Gasteiger partial charge in [-0.25, -0.2) is 0 Å². The van der Waals surface area contributed by atoms with Gasteiger partial charge in [0.15, 0.2) is 18.1 Å². The maximum atomic E-state index is 12.0. The Morgan fingerprint density at radius 2 is 2.00 bits per heavy atom. The Morgan fingerprint density at radius 3 is 2.69 bits per heavy atom. The molecule has 0 bridgehead atoms. The lowest BCUT2D eigenvalue weighted by atomic mass is 10.1. The maximum Gasteiger partial charge on any atom is 0.244 e. The van der Waals surface area contributed by atoms with Crippen LogP contribution in [0.4, 0.5) is 0 Å². The van der Waals surface area contributed by atoms with Crippen molar-refractivity contribution in [2.24, 2.45) is 0 Å². The summed E-state index contributed by atoms with van der Waals surface area (Å²) in [5.74, 6) is 0.831. The Balaban J connectivity index is 1.97. The van der Waals surface area contributed by atoms with Crippen molar-refractivity contribution < 1.29 is 14.3 Å². The van der Waals surface area contributed by atoms with Gasteiger partial charge in [0.25, 0.3) is 0 Å². The highest BCUT2D eigenvalue weighted by atomic mass is 16.5. The zero-order valence-electron chi connectivity index (χ0n) is 15.2. The van der Waals surface area contributed by atoms with Crippen molar-refractivity contribution in [1.29, 1.82) is 5.26 Å². The van der Waals surface area contributed by atoms with E-state index in [4.69, 9.17) is 14.7 Å². The molecule has 2 aromatic carbocycles. The number of nitriles is 1. The number of hydrogen-bond donors (Lipinski definition) is 1. The molecule has 0 radical (unpaired) electrons. The first kappa shape index (κ1) is 19.1. The minimum atomic E-state index is -0.172. The lowest BCUT2D eigenvalue weighted by Gasteiger charge is -2.09. The van der Waals surface area contributed by atoms with E-state index in [0.717, 1.165) is 16.7 Å². The number of benzene rings is 2. The highest BCUT2D eigenvalue weighted by molar-refractivity contribution is 5.91. The monoisotopic (exact) mass is 350 g/mol. The lowest BCUT2D eigenvalue weighted by Crippen LogP contribution is -2.20. The predicted molar refractivity (Wildman–Crippen MR) is 101 cm³/mol. The summed E-state index contributed by atoms with van der Waals surface area (Å²) in [4.78, 5) is 12.0. The lowest BCUT2D eigenvalue weighted by molar-refractivity contribution is -0.116. The molecule has 5 nitrogen and oxygen atoms in total. The van der Waals surface area contributed by atoms with Crippen molar-refractivity contribution in [3.8, 4) is 17.6 Å².